The third-order valence-electron chi connectivity index (χ3n) is 2.66. The molecule has 0 unspecified atom stereocenters. The molecule has 0 aliphatic rings. The van der Waals surface area contributed by atoms with Crippen LogP contribution in [-0.2, 0) is 17.3 Å². The van der Waals surface area contributed by atoms with Gasteiger partial charge in [0.15, 0.2) is 0 Å². The Morgan fingerprint density at radius 1 is 1.32 bits per heavy atom. The smallest absolute Gasteiger partial charge is 0.269 e. The first-order valence-corrected chi connectivity index (χ1v) is 6.35. The predicted molar refractivity (Wildman–Crippen MR) is 72.9 cm³/mol. The van der Waals surface area contributed by atoms with Crippen molar-refractivity contribution < 1.29 is 9.59 Å². The minimum Gasteiger partial charge on any atom is -0.355 e. The number of amides is 2. The average molecular weight is 266 g/mol. The Hall–Kier alpha value is -1.85. The zero-order chi connectivity index (χ0) is 14.6. The van der Waals surface area contributed by atoms with Crippen molar-refractivity contribution in [3.8, 4) is 0 Å². The van der Waals surface area contributed by atoms with E-state index in [4.69, 9.17) is 0 Å². The standard InChI is InChI=1S/C13H22N4O2/c1-6-14-11(18)8-15-12(19)9-7-10(13(2,3)4)16-17(9)5/h7H,6,8H2,1-5H3,(H,14,18)(H,15,19). The van der Waals surface area contributed by atoms with Crippen LogP contribution in [0, 0.1) is 0 Å². The number of carbonyl (C=O) groups is 2. The Balaban J connectivity index is 2.73. The Bertz CT molecular complexity index is 471. The minimum absolute atomic E-state index is 0.0251. The number of carbonyl (C=O) groups excluding carboxylic acids is 2. The van der Waals surface area contributed by atoms with Crippen molar-refractivity contribution in [3.63, 3.8) is 0 Å². The second kappa shape index (κ2) is 5.86. The molecule has 1 rings (SSSR count). The molecule has 6 nitrogen and oxygen atoms in total. The molecule has 0 fully saturated rings. The van der Waals surface area contributed by atoms with Crippen LogP contribution >= 0.6 is 0 Å². The summed E-state index contributed by atoms with van der Waals surface area (Å²) in [6, 6.07) is 1.76. The van der Waals surface area contributed by atoms with E-state index in [-0.39, 0.29) is 23.8 Å². The first-order chi connectivity index (χ1) is 8.75. The van der Waals surface area contributed by atoms with Crippen molar-refractivity contribution >= 4 is 11.8 Å². The van der Waals surface area contributed by atoms with Crippen molar-refractivity contribution in [2.75, 3.05) is 13.1 Å². The highest BCUT2D eigenvalue weighted by atomic mass is 16.2. The highest BCUT2D eigenvalue weighted by molar-refractivity contribution is 5.95. The molecule has 1 aromatic rings. The molecule has 0 bridgehead atoms. The van der Waals surface area contributed by atoms with Gasteiger partial charge in [0.2, 0.25) is 5.91 Å². The first-order valence-electron chi connectivity index (χ1n) is 6.35. The number of aryl methyl sites for hydroxylation is 1. The van der Waals surface area contributed by atoms with Crippen LogP contribution in [0.1, 0.15) is 43.9 Å². The molecule has 0 atom stereocenters. The van der Waals surface area contributed by atoms with Gasteiger partial charge >= 0.3 is 0 Å². The van der Waals surface area contributed by atoms with Gasteiger partial charge in [0.05, 0.1) is 12.2 Å². The summed E-state index contributed by atoms with van der Waals surface area (Å²) in [4.78, 5) is 23.2. The molecule has 0 spiro atoms. The normalized spacial score (nSPS) is 11.2. The molecule has 0 aliphatic heterocycles. The average Bonchev–Trinajstić information content (AvgIpc) is 2.68. The van der Waals surface area contributed by atoms with Crippen LogP contribution in [0.5, 0.6) is 0 Å². The summed E-state index contributed by atoms with van der Waals surface area (Å²) < 4.78 is 1.54. The van der Waals surface area contributed by atoms with E-state index in [1.54, 1.807) is 13.1 Å². The van der Waals surface area contributed by atoms with E-state index in [9.17, 15) is 9.59 Å². The molecule has 0 saturated heterocycles. The molecule has 0 saturated carbocycles. The van der Waals surface area contributed by atoms with E-state index in [1.165, 1.54) is 4.68 Å². The molecule has 6 heteroatoms. The SMILES string of the molecule is CCNC(=O)CNC(=O)c1cc(C(C)(C)C)nn1C. The van der Waals surface area contributed by atoms with Gasteiger partial charge in [-0.25, -0.2) is 0 Å². The number of hydrogen-bond donors (Lipinski definition) is 2. The van der Waals surface area contributed by atoms with Crippen LogP contribution in [0.3, 0.4) is 0 Å². The monoisotopic (exact) mass is 266 g/mol. The van der Waals surface area contributed by atoms with E-state index in [2.05, 4.69) is 15.7 Å². The number of nitrogens with zero attached hydrogens (tertiary/aromatic N) is 2. The molecular weight excluding hydrogens is 244 g/mol. The quantitative estimate of drug-likeness (QED) is 0.837. The summed E-state index contributed by atoms with van der Waals surface area (Å²) in [7, 11) is 1.72. The van der Waals surface area contributed by atoms with Gasteiger partial charge in [-0.15, -0.1) is 0 Å². The molecule has 19 heavy (non-hydrogen) atoms. The predicted octanol–water partition coefficient (Wildman–Crippen LogP) is 0.583. The van der Waals surface area contributed by atoms with Crippen LogP contribution in [0.15, 0.2) is 6.07 Å². The van der Waals surface area contributed by atoms with Crippen LogP contribution in [0.2, 0.25) is 0 Å². The van der Waals surface area contributed by atoms with Gasteiger partial charge < -0.3 is 10.6 Å². The van der Waals surface area contributed by atoms with Gasteiger partial charge in [-0.2, -0.15) is 5.10 Å². The topological polar surface area (TPSA) is 76.0 Å². The number of nitrogens with one attached hydrogen (secondary N) is 2. The molecule has 0 aromatic carbocycles. The fourth-order valence-corrected chi connectivity index (χ4v) is 1.56. The zero-order valence-corrected chi connectivity index (χ0v) is 12.2. The second-order valence-electron chi connectivity index (χ2n) is 5.42. The van der Waals surface area contributed by atoms with Gasteiger partial charge in [-0.05, 0) is 13.0 Å². The second-order valence-corrected chi connectivity index (χ2v) is 5.42. The van der Waals surface area contributed by atoms with E-state index in [1.807, 2.05) is 27.7 Å². The molecule has 2 amide bonds. The molecule has 1 aromatic heterocycles. The third-order valence-corrected chi connectivity index (χ3v) is 2.66. The maximum absolute atomic E-state index is 12.0. The fraction of sp³-hybridized carbons (Fsp3) is 0.615. The summed E-state index contributed by atoms with van der Waals surface area (Å²) in [6.45, 7) is 8.46. The lowest BCUT2D eigenvalue weighted by atomic mass is 9.92. The van der Waals surface area contributed by atoms with Crippen LogP contribution in [0.4, 0.5) is 0 Å². The van der Waals surface area contributed by atoms with Crippen LogP contribution < -0.4 is 10.6 Å². The van der Waals surface area contributed by atoms with Gasteiger partial charge in [-0.1, -0.05) is 20.8 Å². The van der Waals surface area contributed by atoms with Crippen LogP contribution in [-0.4, -0.2) is 34.7 Å². The number of rotatable bonds is 4. The zero-order valence-electron chi connectivity index (χ0n) is 12.2. The highest BCUT2D eigenvalue weighted by Crippen LogP contribution is 2.21. The lowest BCUT2D eigenvalue weighted by Gasteiger charge is -2.13. The number of aromatic nitrogens is 2. The highest BCUT2D eigenvalue weighted by Gasteiger charge is 2.21. The maximum Gasteiger partial charge on any atom is 0.269 e. The van der Waals surface area contributed by atoms with Crippen molar-refractivity contribution in [2.24, 2.45) is 7.05 Å². The summed E-state index contributed by atoms with van der Waals surface area (Å²) in [6.07, 6.45) is 0. The molecule has 2 N–H and O–H groups in total. The van der Waals surface area contributed by atoms with Gasteiger partial charge in [0.1, 0.15) is 5.69 Å². The van der Waals surface area contributed by atoms with Crippen LogP contribution in [0.25, 0.3) is 0 Å². The Labute approximate surface area is 113 Å². The maximum atomic E-state index is 12.0. The summed E-state index contributed by atoms with van der Waals surface area (Å²) in [5.41, 5.74) is 1.18. The van der Waals surface area contributed by atoms with Gasteiger partial charge in [0.25, 0.3) is 5.91 Å². The fourth-order valence-electron chi connectivity index (χ4n) is 1.56. The summed E-state index contributed by atoms with van der Waals surface area (Å²) >= 11 is 0. The lowest BCUT2D eigenvalue weighted by Crippen LogP contribution is -2.37. The van der Waals surface area contributed by atoms with Gasteiger partial charge in [0, 0.05) is 19.0 Å². The third kappa shape index (κ3) is 4.08. The van der Waals surface area contributed by atoms with Gasteiger partial charge in [-0.3, -0.25) is 14.3 Å². The molecule has 0 aliphatic carbocycles. The number of hydrogen-bond acceptors (Lipinski definition) is 3. The van der Waals surface area contributed by atoms with Crippen molar-refractivity contribution in [1.29, 1.82) is 0 Å². The molecule has 1 heterocycles. The Morgan fingerprint density at radius 2 is 1.95 bits per heavy atom. The van der Waals surface area contributed by atoms with Crippen molar-refractivity contribution in [1.82, 2.24) is 20.4 Å². The van der Waals surface area contributed by atoms with E-state index in [0.717, 1.165) is 5.69 Å². The summed E-state index contributed by atoms with van der Waals surface area (Å²) in [5.74, 6) is -0.495. The first kappa shape index (κ1) is 15.2. The van der Waals surface area contributed by atoms with E-state index in [0.29, 0.717) is 12.2 Å². The Kier molecular flexibility index (Phi) is 4.69. The molecule has 106 valence electrons. The summed E-state index contributed by atoms with van der Waals surface area (Å²) in [5, 5.41) is 9.52. The van der Waals surface area contributed by atoms with E-state index < -0.39 is 0 Å². The van der Waals surface area contributed by atoms with Crippen molar-refractivity contribution in [3.05, 3.63) is 17.5 Å². The Morgan fingerprint density at radius 3 is 2.42 bits per heavy atom. The molecular formula is C13H22N4O2. The lowest BCUT2D eigenvalue weighted by molar-refractivity contribution is -0.120. The molecule has 0 radical (unpaired) electrons. The van der Waals surface area contributed by atoms with E-state index >= 15 is 0 Å². The number of likely N-dealkylation sites (N-methyl/N-ethyl adjacent to an activating group) is 1. The largest absolute Gasteiger partial charge is 0.355 e. The minimum atomic E-state index is -0.295. The van der Waals surface area contributed by atoms with Crippen molar-refractivity contribution in [2.45, 2.75) is 33.1 Å².